The standard InChI is InChI=1S/C20H27N3O2S/c1-22(2)11-5-10-21-18-9-8-17(20(25)23(3)12-13-26)19-15(14-24)6-4-7-16(18)19/h4,6-9,14,21,26H,5,10-13H2,1-3H3. The molecule has 0 spiro atoms. The number of aldehydes is 1. The lowest BCUT2D eigenvalue weighted by atomic mass is 9.97. The maximum absolute atomic E-state index is 12.8. The molecule has 0 unspecified atom stereocenters. The number of anilines is 1. The van der Waals surface area contributed by atoms with E-state index in [0.29, 0.717) is 28.8 Å². The van der Waals surface area contributed by atoms with Crippen molar-refractivity contribution in [1.82, 2.24) is 9.80 Å². The van der Waals surface area contributed by atoms with E-state index in [1.165, 1.54) is 0 Å². The maximum Gasteiger partial charge on any atom is 0.254 e. The van der Waals surface area contributed by atoms with Crippen LogP contribution in [0.25, 0.3) is 10.8 Å². The van der Waals surface area contributed by atoms with Gasteiger partial charge in [-0.05, 0) is 39.2 Å². The molecule has 0 aliphatic rings. The Morgan fingerprint density at radius 1 is 1.15 bits per heavy atom. The van der Waals surface area contributed by atoms with Crippen LogP contribution in [-0.2, 0) is 0 Å². The molecule has 2 rings (SSSR count). The van der Waals surface area contributed by atoms with E-state index in [4.69, 9.17) is 0 Å². The summed E-state index contributed by atoms with van der Waals surface area (Å²) in [6.45, 7) is 2.37. The van der Waals surface area contributed by atoms with Crippen molar-refractivity contribution >= 4 is 41.3 Å². The number of carbonyl (C=O) groups is 2. The van der Waals surface area contributed by atoms with Crippen LogP contribution in [0.1, 0.15) is 27.1 Å². The van der Waals surface area contributed by atoms with Crippen molar-refractivity contribution in [3.05, 3.63) is 41.5 Å². The lowest BCUT2D eigenvalue weighted by Crippen LogP contribution is -2.28. The summed E-state index contributed by atoms with van der Waals surface area (Å²) in [5.41, 5.74) is 2.02. The highest BCUT2D eigenvalue weighted by Gasteiger charge is 2.18. The van der Waals surface area contributed by atoms with Gasteiger partial charge in [0, 0.05) is 53.5 Å². The van der Waals surface area contributed by atoms with E-state index in [-0.39, 0.29) is 5.91 Å². The minimum Gasteiger partial charge on any atom is -0.384 e. The normalized spacial score (nSPS) is 11.0. The Balaban J connectivity index is 2.41. The third-order valence-corrected chi connectivity index (χ3v) is 4.51. The van der Waals surface area contributed by atoms with Gasteiger partial charge in [-0.25, -0.2) is 0 Å². The number of thiol groups is 1. The van der Waals surface area contributed by atoms with Crippen molar-refractivity contribution < 1.29 is 9.59 Å². The predicted molar refractivity (Wildman–Crippen MR) is 112 cm³/mol. The Kier molecular flexibility index (Phi) is 7.48. The number of rotatable bonds is 9. The molecule has 0 saturated carbocycles. The molecule has 2 aromatic rings. The molecule has 0 aliphatic carbocycles. The second-order valence-electron chi connectivity index (χ2n) is 6.58. The van der Waals surface area contributed by atoms with Crippen LogP contribution in [0.15, 0.2) is 30.3 Å². The van der Waals surface area contributed by atoms with E-state index in [1.54, 1.807) is 24.1 Å². The second-order valence-corrected chi connectivity index (χ2v) is 7.03. The molecule has 1 N–H and O–H groups in total. The summed E-state index contributed by atoms with van der Waals surface area (Å²) in [7, 11) is 5.85. The van der Waals surface area contributed by atoms with Crippen LogP contribution < -0.4 is 5.32 Å². The molecule has 0 fully saturated rings. The summed E-state index contributed by atoms with van der Waals surface area (Å²) in [4.78, 5) is 28.2. The molecule has 140 valence electrons. The summed E-state index contributed by atoms with van der Waals surface area (Å²) in [5.74, 6) is 0.490. The van der Waals surface area contributed by atoms with Crippen LogP contribution in [0.3, 0.4) is 0 Å². The van der Waals surface area contributed by atoms with Gasteiger partial charge in [-0.1, -0.05) is 18.2 Å². The highest BCUT2D eigenvalue weighted by Crippen LogP contribution is 2.30. The largest absolute Gasteiger partial charge is 0.384 e. The fourth-order valence-electron chi connectivity index (χ4n) is 2.94. The number of amides is 1. The first-order valence-corrected chi connectivity index (χ1v) is 9.38. The molecule has 0 radical (unpaired) electrons. The molecule has 0 aromatic heterocycles. The second kappa shape index (κ2) is 9.59. The van der Waals surface area contributed by atoms with Gasteiger partial charge < -0.3 is 15.1 Å². The fourth-order valence-corrected chi connectivity index (χ4v) is 3.24. The third-order valence-electron chi connectivity index (χ3n) is 4.31. The molecule has 0 aliphatic heterocycles. The van der Waals surface area contributed by atoms with E-state index in [0.717, 1.165) is 36.9 Å². The topological polar surface area (TPSA) is 52.7 Å². The molecule has 0 saturated heterocycles. The molecular weight excluding hydrogens is 346 g/mol. The monoisotopic (exact) mass is 373 g/mol. The van der Waals surface area contributed by atoms with E-state index in [1.807, 2.05) is 32.3 Å². The summed E-state index contributed by atoms with van der Waals surface area (Å²) in [6.07, 6.45) is 1.82. The van der Waals surface area contributed by atoms with Crippen LogP contribution >= 0.6 is 12.6 Å². The van der Waals surface area contributed by atoms with Crippen molar-refractivity contribution in [3.63, 3.8) is 0 Å². The van der Waals surface area contributed by atoms with Gasteiger partial charge in [-0.15, -0.1) is 0 Å². The summed E-state index contributed by atoms with van der Waals surface area (Å²) in [6, 6.07) is 9.28. The number of hydrogen-bond donors (Lipinski definition) is 2. The Hall–Kier alpha value is -2.05. The van der Waals surface area contributed by atoms with Crippen LogP contribution in [-0.4, -0.2) is 68.5 Å². The molecule has 5 nitrogen and oxygen atoms in total. The van der Waals surface area contributed by atoms with Gasteiger partial charge in [-0.2, -0.15) is 12.6 Å². The number of nitrogens with zero attached hydrogens (tertiary/aromatic N) is 2. The molecule has 1 amide bonds. The van der Waals surface area contributed by atoms with Gasteiger partial charge in [0.1, 0.15) is 0 Å². The van der Waals surface area contributed by atoms with Gasteiger partial charge in [0.05, 0.1) is 0 Å². The summed E-state index contributed by atoms with van der Waals surface area (Å²) >= 11 is 4.19. The molecular formula is C20H27N3O2S. The molecule has 0 atom stereocenters. The fraction of sp³-hybridized carbons (Fsp3) is 0.400. The minimum atomic E-state index is -0.0995. The SMILES string of the molecule is CN(C)CCCNc1ccc(C(=O)N(C)CCS)c2c(C=O)cccc12. The van der Waals surface area contributed by atoms with Crippen LogP contribution in [0.4, 0.5) is 5.69 Å². The Bertz CT molecular complexity index is 777. The van der Waals surface area contributed by atoms with Crippen molar-refractivity contribution in [3.8, 4) is 0 Å². The molecule has 0 heterocycles. The van der Waals surface area contributed by atoms with Crippen molar-refractivity contribution in [2.45, 2.75) is 6.42 Å². The molecule has 26 heavy (non-hydrogen) atoms. The zero-order chi connectivity index (χ0) is 19.1. The van der Waals surface area contributed by atoms with E-state index >= 15 is 0 Å². The number of nitrogens with one attached hydrogen (secondary N) is 1. The minimum absolute atomic E-state index is 0.0995. The molecule has 2 aromatic carbocycles. The van der Waals surface area contributed by atoms with E-state index in [2.05, 4.69) is 22.8 Å². The first-order valence-electron chi connectivity index (χ1n) is 8.75. The first-order chi connectivity index (χ1) is 12.5. The lowest BCUT2D eigenvalue weighted by molar-refractivity contribution is 0.0805. The van der Waals surface area contributed by atoms with E-state index < -0.39 is 0 Å². The van der Waals surface area contributed by atoms with Crippen LogP contribution in [0.2, 0.25) is 0 Å². The number of fused-ring (bicyclic) bond motifs is 1. The Morgan fingerprint density at radius 2 is 1.92 bits per heavy atom. The van der Waals surface area contributed by atoms with E-state index in [9.17, 15) is 9.59 Å². The average molecular weight is 374 g/mol. The highest BCUT2D eigenvalue weighted by molar-refractivity contribution is 7.80. The quantitative estimate of drug-likeness (QED) is 0.403. The van der Waals surface area contributed by atoms with Gasteiger partial charge in [0.2, 0.25) is 0 Å². The predicted octanol–water partition coefficient (Wildman–Crippen LogP) is 3.02. The van der Waals surface area contributed by atoms with Crippen LogP contribution in [0, 0.1) is 0 Å². The Morgan fingerprint density at radius 3 is 2.58 bits per heavy atom. The van der Waals surface area contributed by atoms with Gasteiger partial charge in [0.25, 0.3) is 5.91 Å². The molecule has 6 heteroatoms. The van der Waals surface area contributed by atoms with Crippen molar-refractivity contribution in [1.29, 1.82) is 0 Å². The van der Waals surface area contributed by atoms with Crippen molar-refractivity contribution in [2.75, 3.05) is 51.8 Å². The third kappa shape index (κ3) is 4.77. The van der Waals surface area contributed by atoms with Gasteiger partial charge in [0.15, 0.2) is 6.29 Å². The number of hydrogen-bond acceptors (Lipinski definition) is 5. The summed E-state index contributed by atoms with van der Waals surface area (Å²) < 4.78 is 0. The van der Waals surface area contributed by atoms with Crippen molar-refractivity contribution in [2.24, 2.45) is 0 Å². The zero-order valence-electron chi connectivity index (χ0n) is 15.7. The smallest absolute Gasteiger partial charge is 0.254 e. The molecule has 0 bridgehead atoms. The van der Waals surface area contributed by atoms with Crippen LogP contribution in [0.5, 0.6) is 0 Å². The van der Waals surface area contributed by atoms with Gasteiger partial charge >= 0.3 is 0 Å². The lowest BCUT2D eigenvalue weighted by Gasteiger charge is -2.19. The summed E-state index contributed by atoms with van der Waals surface area (Å²) in [5, 5.41) is 5.03. The first kappa shape index (κ1) is 20.3. The maximum atomic E-state index is 12.8. The van der Waals surface area contributed by atoms with Gasteiger partial charge in [-0.3, -0.25) is 9.59 Å². The average Bonchev–Trinajstić information content (AvgIpc) is 2.64. The Labute approximate surface area is 160 Å². The number of carbonyl (C=O) groups excluding carboxylic acids is 2. The zero-order valence-corrected chi connectivity index (χ0v) is 16.6. The number of benzene rings is 2. The highest BCUT2D eigenvalue weighted by atomic mass is 32.1.